The highest BCUT2D eigenvalue weighted by Crippen LogP contribution is 2.30. The van der Waals surface area contributed by atoms with E-state index in [1.807, 2.05) is 54.6 Å². The number of fused-ring (bicyclic) bond motifs is 1. The summed E-state index contributed by atoms with van der Waals surface area (Å²) in [4.78, 5) is 25.1. The summed E-state index contributed by atoms with van der Waals surface area (Å²) in [5, 5.41) is 17.5. The molecule has 0 unspecified atom stereocenters. The Morgan fingerprint density at radius 2 is 1.48 bits per heavy atom. The lowest BCUT2D eigenvalue weighted by Gasteiger charge is -2.17. The molecule has 8 heteroatoms. The van der Waals surface area contributed by atoms with Crippen molar-refractivity contribution in [2.75, 3.05) is 0 Å². The van der Waals surface area contributed by atoms with Crippen LogP contribution in [0, 0.1) is 11.6 Å². The summed E-state index contributed by atoms with van der Waals surface area (Å²) in [5.41, 5.74) is 5.91. The molecule has 6 rings (SSSR count). The lowest BCUT2D eigenvalue weighted by molar-refractivity contribution is 0.0696. The van der Waals surface area contributed by atoms with Gasteiger partial charge in [0.15, 0.2) is 11.6 Å². The molecule has 0 spiro atoms. The molecule has 0 saturated heterocycles. The van der Waals surface area contributed by atoms with Crippen LogP contribution >= 0.6 is 0 Å². The number of amides is 1. The van der Waals surface area contributed by atoms with Crippen LogP contribution in [0.4, 0.5) is 8.78 Å². The Bertz CT molecular complexity index is 1990. The van der Waals surface area contributed by atoms with Gasteiger partial charge in [-0.1, -0.05) is 72.8 Å². The fraction of sp³-hybridized carbons (Fsp3) is 0.0833. The highest BCUT2D eigenvalue weighted by atomic mass is 19.2. The van der Waals surface area contributed by atoms with E-state index in [0.29, 0.717) is 34.1 Å². The molecule has 1 atom stereocenters. The molecule has 0 saturated carbocycles. The SMILES string of the molecule is C[C@H](NC(=O)c1cc(-c2ccc(F)c(F)c2)cc2cnn(Cc3ccc(-c4ccccc4)cc3)c12)c1ccc(C(=O)O)cc1. The molecule has 218 valence electrons. The Morgan fingerprint density at radius 1 is 0.795 bits per heavy atom. The number of nitrogens with one attached hydrogen (secondary N) is 1. The van der Waals surface area contributed by atoms with Crippen LogP contribution in [0.15, 0.2) is 115 Å². The van der Waals surface area contributed by atoms with E-state index in [-0.39, 0.29) is 5.56 Å². The maximum absolute atomic E-state index is 14.2. The van der Waals surface area contributed by atoms with Gasteiger partial charge < -0.3 is 10.4 Å². The van der Waals surface area contributed by atoms with Crippen LogP contribution in [-0.2, 0) is 6.54 Å². The molecule has 44 heavy (non-hydrogen) atoms. The average molecular weight is 588 g/mol. The fourth-order valence-electron chi connectivity index (χ4n) is 5.25. The van der Waals surface area contributed by atoms with Crippen molar-refractivity contribution in [3.63, 3.8) is 0 Å². The Labute approximate surface area is 252 Å². The molecule has 2 N–H and O–H groups in total. The molecule has 6 aromatic rings. The number of hydrogen-bond acceptors (Lipinski definition) is 3. The number of hydrogen-bond donors (Lipinski definition) is 2. The lowest BCUT2D eigenvalue weighted by Crippen LogP contribution is -2.27. The van der Waals surface area contributed by atoms with Gasteiger partial charge in [0.1, 0.15) is 0 Å². The van der Waals surface area contributed by atoms with Crippen LogP contribution < -0.4 is 5.32 Å². The largest absolute Gasteiger partial charge is 0.478 e. The second-order valence-electron chi connectivity index (χ2n) is 10.6. The number of benzene rings is 5. The van der Waals surface area contributed by atoms with Gasteiger partial charge in [0, 0.05) is 5.39 Å². The van der Waals surface area contributed by atoms with Crippen molar-refractivity contribution in [3.8, 4) is 22.3 Å². The van der Waals surface area contributed by atoms with Crippen molar-refractivity contribution in [1.29, 1.82) is 0 Å². The molecule has 0 bridgehead atoms. The summed E-state index contributed by atoms with van der Waals surface area (Å²) in [7, 11) is 0. The molecule has 0 fully saturated rings. The van der Waals surface area contributed by atoms with Gasteiger partial charge in [0.05, 0.1) is 35.4 Å². The van der Waals surface area contributed by atoms with Crippen LogP contribution in [0.25, 0.3) is 33.2 Å². The Hall–Kier alpha value is -5.63. The summed E-state index contributed by atoms with van der Waals surface area (Å²) in [6, 6.07) is 31.1. The topological polar surface area (TPSA) is 84.2 Å². The van der Waals surface area contributed by atoms with E-state index >= 15 is 0 Å². The predicted molar refractivity (Wildman–Crippen MR) is 165 cm³/mol. The highest BCUT2D eigenvalue weighted by Gasteiger charge is 2.20. The first-order chi connectivity index (χ1) is 21.3. The van der Waals surface area contributed by atoms with Gasteiger partial charge in [-0.25, -0.2) is 13.6 Å². The van der Waals surface area contributed by atoms with E-state index in [1.165, 1.54) is 18.2 Å². The minimum atomic E-state index is -1.03. The summed E-state index contributed by atoms with van der Waals surface area (Å²) in [5.74, 6) is -3.37. The molecule has 0 radical (unpaired) electrons. The number of carbonyl (C=O) groups is 2. The number of halogens is 2. The van der Waals surface area contributed by atoms with E-state index < -0.39 is 29.6 Å². The number of nitrogens with zero attached hydrogens (tertiary/aromatic N) is 2. The van der Waals surface area contributed by atoms with E-state index in [1.54, 1.807) is 42.1 Å². The van der Waals surface area contributed by atoms with Crippen molar-refractivity contribution in [1.82, 2.24) is 15.1 Å². The number of carbonyl (C=O) groups excluding carboxylic acids is 1. The van der Waals surface area contributed by atoms with Gasteiger partial charge >= 0.3 is 5.97 Å². The summed E-state index contributed by atoms with van der Waals surface area (Å²) < 4.78 is 29.6. The first-order valence-corrected chi connectivity index (χ1v) is 14.0. The lowest BCUT2D eigenvalue weighted by atomic mass is 9.99. The molecule has 1 aromatic heterocycles. The second-order valence-corrected chi connectivity index (χ2v) is 10.6. The molecular weight excluding hydrogens is 560 g/mol. The zero-order valence-electron chi connectivity index (χ0n) is 23.7. The van der Waals surface area contributed by atoms with Crippen molar-refractivity contribution >= 4 is 22.8 Å². The predicted octanol–water partition coefficient (Wildman–Crippen LogP) is 7.89. The monoisotopic (exact) mass is 587 g/mol. The summed E-state index contributed by atoms with van der Waals surface area (Å²) in [6.45, 7) is 2.20. The fourth-order valence-corrected chi connectivity index (χ4v) is 5.25. The van der Waals surface area contributed by atoms with Gasteiger partial charge in [0.25, 0.3) is 5.91 Å². The molecule has 0 aliphatic rings. The van der Waals surface area contributed by atoms with Crippen LogP contribution in [-0.4, -0.2) is 26.8 Å². The first-order valence-electron chi connectivity index (χ1n) is 14.0. The molecule has 5 aromatic carbocycles. The van der Waals surface area contributed by atoms with E-state index in [4.69, 9.17) is 0 Å². The van der Waals surface area contributed by atoms with Crippen LogP contribution in [0.2, 0.25) is 0 Å². The third-order valence-electron chi connectivity index (χ3n) is 7.63. The van der Waals surface area contributed by atoms with Crippen molar-refractivity contribution in [2.24, 2.45) is 0 Å². The Kier molecular flexibility index (Phi) is 7.72. The molecule has 0 aliphatic carbocycles. The van der Waals surface area contributed by atoms with Crippen molar-refractivity contribution in [3.05, 3.63) is 149 Å². The van der Waals surface area contributed by atoms with Gasteiger partial charge in [-0.3, -0.25) is 9.48 Å². The van der Waals surface area contributed by atoms with Gasteiger partial charge in [0.2, 0.25) is 0 Å². The maximum Gasteiger partial charge on any atom is 0.335 e. The number of aromatic carboxylic acids is 1. The maximum atomic E-state index is 14.2. The van der Waals surface area contributed by atoms with Crippen molar-refractivity contribution in [2.45, 2.75) is 19.5 Å². The molecule has 6 nitrogen and oxygen atoms in total. The van der Waals surface area contributed by atoms with Gasteiger partial charge in [-0.2, -0.15) is 5.10 Å². The van der Waals surface area contributed by atoms with Gasteiger partial charge in [-0.05, 0) is 76.7 Å². The number of carboxylic acids is 1. The normalized spacial score (nSPS) is 11.8. The zero-order chi connectivity index (χ0) is 30.8. The van der Waals surface area contributed by atoms with Crippen LogP contribution in [0.3, 0.4) is 0 Å². The highest BCUT2D eigenvalue weighted by molar-refractivity contribution is 6.07. The molecule has 1 heterocycles. The third kappa shape index (κ3) is 5.83. The average Bonchev–Trinajstić information content (AvgIpc) is 3.45. The molecular formula is C36H27F2N3O3. The number of carboxylic acid groups (broad SMARTS) is 1. The zero-order valence-corrected chi connectivity index (χ0v) is 23.7. The summed E-state index contributed by atoms with van der Waals surface area (Å²) >= 11 is 0. The minimum absolute atomic E-state index is 0.147. The smallest absolute Gasteiger partial charge is 0.335 e. The van der Waals surface area contributed by atoms with E-state index in [2.05, 4.69) is 10.4 Å². The van der Waals surface area contributed by atoms with E-state index in [0.717, 1.165) is 34.4 Å². The Morgan fingerprint density at radius 3 is 2.16 bits per heavy atom. The van der Waals surface area contributed by atoms with Crippen LogP contribution in [0.5, 0.6) is 0 Å². The summed E-state index contributed by atoms with van der Waals surface area (Å²) in [6.07, 6.45) is 1.65. The molecule has 0 aliphatic heterocycles. The van der Waals surface area contributed by atoms with Gasteiger partial charge in [-0.15, -0.1) is 0 Å². The Balaban J connectivity index is 1.36. The van der Waals surface area contributed by atoms with Crippen LogP contribution in [0.1, 0.15) is 44.8 Å². The minimum Gasteiger partial charge on any atom is -0.478 e. The number of rotatable bonds is 8. The first kappa shape index (κ1) is 28.5. The third-order valence-corrected chi connectivity index (χ3v) is 7.63. The standard InChI is InChI=1S/C36H27F2N3O3/c1-22(24-11-13-27(14-12-24)36(43)44)40-35(42)31-18-29(28-15-16-32(37)33(38)19-28)17-30-20-39-41(34(30)31)21-23-7-9-26(10-8-23)25-5-3-2-4-6-25/h2-20,22H,21H2,1H3,(H,40,42)(H,43,44)/t22-/m0/s1. The van der Waals surface area contributed by atoms with E-state index in [9.17, 15) is 23.5 Å². The quantitative estimate of drug-likeness (QED) is 0.190. The second kappa shape index (κ2) is 11.9. The number of aromatic nitrogens is 2. The molecule has 1 amide bonds. The van der Waals surface area contributed by atoms with Crippen molar-refractivity contribution < 1.29 is 23.5 Å².